The van der Waals surface area contributed by atoms with E-state index in [0.29, 0.717) is 26.0 Å². The summed E-state index contributed by atoms with van der Waals surface area (Å²) in [5.41, 5.74) is 10.3. The Kier molecular flexibility index (Phi) is 9.72. The molecule has 0 saturated carbocycles. The summed E-state index contributed by atoms with van der Waals surface area (Å²) < 4.78 is 4.76. The number of carboxylic acid groups (broad SMARTS) is 1. The lowest BCUT2D eigenvalue weighted by Crippen LogP contribution is -2.33. The number of carbonyl (C=O) groups excluding carboxylic acids is 1. The van der Waals surface area contributed by atoms with Gasteiger partial charge in [-0.15, -0.1) is 0 Å². The fraction of sp³-hybridized carbons (Fsp3) is 0.778. The zero-order chi connectivity index (χ0) is 14.0. The van der Waals surface area contributed by atoms with Crippen LogP contribution >= 0.6 is 8.53 Å². The minimum Gasteiger partial charge on any atom is -0.480 e. The van der Waals surface area contributed by atoms with Crippen LogP contribution in [0.3, 0.4) is 0 Å². The van der Waals surface area contributed by atoms with E-state index in [9.17, 15) is 9.59 Å². The molecule has 8 nitrogen and oxygen atoms in total. The van der Waals surface area contributed by atoms with Crippen LogP contribution in [0.2, 0.25) is 0 Å². The molecule has 0 aliphatic heterocycles. The highest BCUT2D eigenvalue weighted by atomic mass is 31.2. The first-order chi connectivity index (χ1) is 8.43. The van der Waals surface area contributed by atoms with Crippen LogP contribution in [0.4, 0.5) is 0 Å². The monoisotopic (exact) mass is 281 g/mol. The number of unbranched alkanes of at least 4 members (excludes halogenated alkanes) is 1. The van der Waals surface area contributed by atoms with Gasteiger partial charge >= 0.3 is 5.97 Å². The van der Waals surface area contributed by atoms with Crippen LogP contribution in [0.25, 0.3) is 0 Å². The predicted molar refractivity (Wildman–Crippen MR) is 66.4 cm³/mol. The number of nitrogens with one attached hydrogen (secondary N) is 1. The van der Waals surface area contributed by atoms with Crippen LogP contribution < -0.4 is 16.6 Å². The lowest BCUT2D eigenvalue weighted by atomic mass is 10.1. The number of aliphatic carboxylic acids is 1. The van der Waals surface area contributed by atoms with Gasteiger partial charge in [-0.2, -0.15) is 0 Å². The lowest BCUT2D eigenvalue weighted by Gasteiger charge is -2.08. The zero-order valence-electron chi connectivity index (χ0n) is 10.0. The standard InChI is InChI=1S/C9H20N3O5P/c10-7(9(14)15)3-4-8(13)12-5-1-2-6-17-18(11)16/h7,16H,1-6,10-11H2,(H,12,13)(H,14,15). The number of rotatable bonds is 10. The van der Waals surface area contributed by atoms with Gasteiger partial charge in [-0.25, -0.2) is 0 Å². The molecule has 0 spiro atoms. The fourth-order valence-electron chi connectivity index (χ4n) is 1.11. The number of hydrogen-bond acceptors (Lipinski definition) is 6. The maximum absolute atomic E-state index is 11.3. The molecule has 0 fully saturated rings. The number of carbonyl (C=O) groups is 2. The molecule has 0 aromatic heterocycles. The first-order valence-corrected chi connectivity index (χ1v) is 6.83. The van der Waals surface area contributed by atoms with Crippen molar-refractivity contribution in [2.24, 2.45) is 11.2 Å². The van der Waals surface area contributed by atoms with Crippen LogP contribution in [0, 0.1) is 0 Å². The first kappa shape index (κ1) is 17.2. The van der Waals surface area contributed by atoms with Gasteiger partial charge in [0.15, 0.2) is 0 Å². The molecule has 0 aromatic rings. The van der Waals surface area contributed by atoms with Crippen molar-refractivity contribution in [3.63, 3.8) is 0 Å². The molecule has 2 unspecified atom stereocenters. The third-order valence-corrected chi connectivity index (χ3v) is 2.56. The molecular formula is C9H20N3O5P. The van der Waals surface area contributed by atoms with Gasteiger partial charge in [0.1, 0.15) is 6.04 Å². The molecule has 0 bridgehead atoms. The summed E-state index contributed by atoms with van der Waals surface area (Å²) in [5.74, 6) is -1.34. The average Bonchev–Trinajstić information content (AvgIpc) is 2.29. The van der Waals surface area contributed by atoms with Gasteiger partial charge in [0.25, 0.3) is 0 Å². The minimum atomic E-state index is -1.81. The molecule has 0 aliphatic carbocycles. The van der Waals surface area contributed by atoms with Crippen molar-refractivity contribution in [2.45, 2.75) is 31.7 Å². The predicted octanol–water partition coefficient (Wildman–Crippen LogP) is -0.731. The Morgan fingerprint density at radius 1 is 1.39 bits per heavy atom. The van der Waals surface area contributed by atoms with Crippen molar-refractivity contribution in [3.8, 4) is 0 Å². The fourth-order valence-corrected chi connectivity index (χ4v) is 1.43. The highest BCUT2D eigenvalue weighted by Gasteiger charge is 2.12. The Balaban J connectivity index is 3.40. The summed E-state index contributed by atoms with van der Waals surface area (Å²) >= 11 is 0. The highest BCUT2D eigenvalue weighted by Crippen LogP contribution is 2.19. The third kappa shape index (κ3) is 10.4. The molecule has 2 atom stereocenters. The van der Waals surface area contributed by atoms with Crippen molar-refractivity contribution in [3.05, 3.63) is 0 Å². The second-order valence-corrected chi connectivity index (χ2v) is 4.54. The molecule has 1 amide bonds. The zero-order valence-corrected chi connectivity index (χ0v) is 10.9. The molecule has 106 valence electrons. The molecule has 0 radical (unpaired) electrons. The van der Waals surface area contributed by atoms with Crippen LogP contribution in [0.1, 0.15) is 25.7 Å². The van der Waals surface area contributed by atoms with E-state index in [0.717, 1.165) is 0 Å². The van der Waals surface area contributed by atoms with Crippen LogP contribution in [-0.4, -0.2) is 41.1 Å². The number of amides is 1. The van der Waals surface area contributed by atoms with E-state index in [1.807, 2.05) is 0 Å². The van der Waals surface area contributed by atoms with Gasteiger partial charge in [-0.3, -0.25) is 15.1 Å². The molecule has 0 aromatic carbocycles. The van der Waals surface area contributed by atoms with Gasteiger partial charge in [0, 0.05) is 13.0 Å². The maximum atomic E-state index is 11.3. The Labute approximate surface area is 107 Å². The quantitative estimate of drug-likeness (QED) is 0.262. The summed E-state index contributed by atoms with van der Waals surface area (Å²) in [6.45, 7) is 0.816. The molecular weight excluding hydrogens is 261 g/mol. The number of nitrogens with two attached hydrogens (primary N) is 2. The van der Waals surface area contributed by atoms with Crippen LogP contribution in [0.5, 0.6) is 0 Å². The minimum absolute atomic E-state index is 0.0920. The summed E-state index contributed by atoms with van der Waals surface area (Å²) in [7, 11) is -1.81. The summed E-state index contributed by atoms with van der Waals surface area (Å²) in [4.78, 5) is 30.3. The topological polar surface area (TPSA) is 148 Å². The van der Waals surface area contributed by atoms with E-state index >= 15 is 0 Å². The Morgan fingerprint density at radius 2 is 2.06 bits per heavy atom. The van der Waals surface area contributed by atoms with Gasteiger partial charge in [-0.1, -0.05) is 0 Å². The highest BCUT2D eigenvalue weighted by molar-refractivity contribution is 7.43. The summed E-state index contributed by atoms with van der Waals surface area (Å²) in [5, 5.41) is 11.1. The Bertz CT molecular complexity index is 265. The van der Waals surface area contributed by atoms with Crippen molar-refractivity contribution in [2.75, 3.05) is 13.2 Å². The van der Waals surface area contributed by atoms with E-state index in [1.54, 1.807) is 0 Å². The molecule has 7 N–H and O–H groups in total. The normalized spacial score (nSPS) is 13.9. The van der Waals surface area contributed by atoms with Gasteiger partial charge < -0.3 is 25.6 Å². The molecule has 9 heteroatoms. The SMILES string of the molecule is NC(CCC(=O)NCCCCOP(N)O)C(=O)O. The summed E-state index contributed by atoms with van der Waals surface area (Å²) in [6, 6.07) is -1.00. The smallest absolute Gasteiger partial charge is 0.320 e. The summed E-state index contributed by atoms with van der Waals surface area (Å²) in [6.07, 6.45) is 1.58. The van der Waals surface area contributed by atoms with Gasteiger partial charge in [0.05, 0.1) is 6.61 Å². The van der Waals surface area contributed by atoms with E-state index in [-0.39, 0.29) is 18.7 Å². The Hall–Kier alpha value is -0.790. The van der Waals surface area contributed by atoms with E-state index in [1.165, 1.54) is 0 Å². The van der Waals surface area contributed by atoms with Crippen molar-refractivity contribution >= 4 is 20.4 Å². The molecule has 0 aliphatic rings. The molecule has 0 heterocycles. The maximum Gasteiger partial charge on any atom is 0.320 e. The van der Waals surface area contributed by atoms with Crippen molar-refractivity contribution in [1.82, 2.24) is 5.32 Å². The lowest BCUT2D eigenvalue weighted by molar-refractivity contribution is -0.138. The van der Waals surface area contributed by atoms with Gasteiger partial charge in [0.2, 0.25) is 14.4 Å². The van der Waals surface area contributed by atoms with Crippen molar-refractivity contribution < 1.29 is 24.1 Å². The molecule has 0 saturated heterocycles. The van der Waals surface area contributed by atoms with E-state index < -0.39 is 20.5 Å². The average molecular weight is 281 g/mol. The Morgan fingerprint density at radius 3 is 2.61 bits per heavy atom. The third-order valence-electron chi connectivity index (χ3n) is 2.12. The van der Waals surface area contributed by atoms with Crippen LogP contribution in [0.15, 0.2) is 0 Å². The first-order valence-electron chi connectivity index (χ1n) is 5.55. The molecule has 18 heavy (non-hydrogen) atoms. The second kappa shape index (κ2) is 10.2. The van der Waals surface area contributed by atoms with Crippen LogP contribution in [-0.2, 0) is 14.1 Å². The number of carboxylic acids is 1. The molecule has 0 rings (SSSR count). The van der Waals surface area contributed by atoms with Crippen molar-refractivity contribution in [1.29, 1.82) is 0 Å². The second-order valence-electron chi connectivity index (χ2n) is 3.68. The number of hydrogen-bond donors (Lipinski definition) is 5. The van der Waals surface area contributed by atoms with Gasteiger partial charge in [-0.05, 0) is 19.3 Å². The largest absolute Gasteiger partial charge is 0.480 e. The van der Waals surface area contributed by atoms with E-state index in [2.05, 4.69) is 5.32 Å². The van der Waals surface area contributed by atoms with E-state index in [4.69, 9.17) is 25.8 Å².